The van der Waals surface area contributed by atoms with E-state index in [-0.39, 0.29) is 17.5 Å². The number of Topliss-reactive ketones (excluding diaryl/α,β-unsaturated/α-hetero) is 1. The van der Waals surface area contributed by atoms with Gasteiger partial charge in [0.2, 0.25) is 0 Å². The first kappa shape index (κ1) is 13.1. The van der Waals surface area contributed by atoms with Crippen LogP contribution in [-0.2, 0) is 0 Å². The molecule has 0 spiro atoms. The number of nitrogens with zero attached hydrogens (tertiary/aromatic N) is 1. The maximum atomic E-state index is 13.9. The summed E-state index contributed by atoms with van der Waals surface area (Å²) in [6.45, 7) is 5.50. The summed E-state index contributed by atoms with van der Waals surface area (Å²) in [5.74, 6) is -0.199. The Morgan fingerprint density at radius 3 is 2.50 bits per heavy atom. The van der Waals surface area contributed by atoms with Crippen molar-refractivity contribution < 1.29 is 9.18 Å². The zero-order valence-electron chi connectivity index (χ0n) is 11.1. The van der Waals surface area contributed by atoms with Crippen molar-refractivity contribution in [1.82, 2.24) is 0 Å². The quantitative estimate of drug-likeness (QED) is 0.762. The monoisotopic (exact) mass is 249 g/mol. The van der Waals surface area contributed by atoms with Crippen LogP contribution in [0.1, 0.15) is 43.5 Å². The minimum absolute atomic E-state index is 0.0512. The molecule has 98 valence electrons. The number of anilines is 1. The lowest BCUT2D eigenvalue weighted by atomic mass is 10.00. The molecule has 0 saturated carbocycles. The molecule has 1 aromatic rings. The van der Waals surface area contributed by atoms with E-state index in [1.165, 1.54) is 12.5 Å². The molecule has 18 heavy (non-hydrogen) atoms. The molecular weight excluding hydrogens is 229 g/mol. The number of hydrogen-bond acceptors (Lipinski definition) is 2. The first-order valence-corrected chi connectivity index (χ1v) is 6.68. The summed E-state index contributed by atoms with van der Waals surface area (Å²) < 4.78 is 13.9. The van der Waals surface area contributed by atoms with Crippen molar-refractivity contribution in [2.24, 2.45) is 5.92 Å². The van der Waals surface area contributed by atoms with Gasteiger partial charge in [0.1, 0.15) is 5.82 Å². The average Bonchev–Trinajstić information content (AvgIpc) is 2.39. The lowest BCUT2D eigenvalue weighted by Crippen LogP contribution is -2.30. The average molecular weight is 249 g/mol. The molecule has 0 unspecified atom stereocenters. The van der Waals surface area contributed by atoms with Crippen molar-refractivity contribution in [2.75, 3.05) is 18.0 Å². The summed E-state index contributed by atoms with van der Waals surface area (Å²) in [7, 11) is 0. The second kappa shape index (κ2) is 5.51. The van der Waals surface area contributed by atoms with Gasteiger partial charge in [0, 0.05) is 24.6 Å². The summed E-state index contributed by atoms with van der Waals surface area (Å²) in [5, 5.41) is 0. The Kier molecular flexibility index (Phi) is 4.00. The Balaban J connectivity index is 2.28. The summed E-state index contributed by atoms with van der Waals surface area (Å²) in [4.78, 5) is 14.0. The predicted molar refractivity (Wildman–Crippen MR) is 71.6 cm³/mol. The molecule has 2 rings (SSSR count). The van der Waals surface area contributed by atoms with E-state index in [2.05, 4.69) is 4.90 Å². The lowest BCUT2D eigenvalue weighted by molar-refractivity contribution is 0.0939. The highest BCUT2D eigenvalue weighted by Gasteiger charge is 2.18. The van der Waals surface area contributed by atoms with Crippen LogP contribution in [0.15, 0.2) is 18.2 Å². The number of ketones is 1. The van der Waals surface area contributed by atoms with Crippen LogP contribution < -0.4 is 4.90 Å². The largest absolute Gasteiger partial charge is 0.369 e. The Morgan fingerprint density at radius 1 is 1.22 bits per heavy atom. The highest BCUT2D eigenvalue weighted by molar-refractivity contribution is 5.98. The topological polar surface area (TPSA) is 20.3 Å². The number of hydrogen-bond donors (Lipinski definition) is 0. The third-order valence-electron chi connectivity index (χ3n) is 3.45. The second-order valence-electron chi connectivity index (χ2n) is 5.23. The van der Waals surface area contributed by atoms with Crippen LogP contribution in [0.4, 0.5) is 10.1 Å². The van der Waals surface area contributed by atoms with Crippen molar-refractivity contribution in [3.05, 3.63) is 29.6 Å². The second-order valence-corrected chi connectivity index (χ2v) is 5.23. The van der Waals surface area contributed by atoms with Gasteiger partial charge in [-0.15, -0.1) is 0 Å². The molecule has 1 aromatic carbocycles. The van der Waals surface area contributed by atoms with Crippen molar-refractivity contribution in [1.29, 1.82) is 0 Å². The van der Waals surface area contributed by atoms with Crippen molar-refractivity contribution in [3.63, 3.8) is 0 Å². The van der Waals surface area contributed by atoms with Crippen LogP contribution in [0, 0.1) is 11.7 Å². The summed E-state index contributed by atoms with van der Waals surface area (Å²) in [5.41, 5.74) is 1.20. The predicted octanol–water partition coefficient (Wildman–Crippen LogP) is 3.65. The van der Waals surface area contributed by atoms with Crippen molar-refractivity contribution in [3.8, 4) is 0 Å². The number of benzene rings is 1. The zero-order chi connectivity index (χ0) is 13.1. The van der Waals surface area contributed by atoms with Crippen molar-refractivity contribution in [2.45, 2.75) is 33.1 Å². The van der Waals surface area contributed by atoms with Crippen LogP contribution in [0.5, 0.6) is 0 Å². The molecule has 0 radical (unpaired) electrons. The minimum atomic E-state index is -0.225. The summed E-state index contributed by atoms with van der Waals surface area (Å²) >= 11 is 0. The lowest BCUT2D eigenvalue weighted by Gasteiger charge is -2.29. The molecule has 1 fully saturated rings. The van der Waals surface area contributed by atoms with Crippen LogP contribution in [-0.4, -0.2) is 18.9 Å². The summed E-state index contributed by atoms with van der Waals surface area (Å²) in [6.07, 6.45) is 3.41. The molecule has 0 N–H and O–H groups in total. The van der Waals surface area contributed by atoms with E-state index >= 15 is 0 Å². The third kappa shape index (κ3) is 2.71. The van der Waals surface area contributed by atoms with Gasteiger partial charge in [-0.1, -0.05) is 13.8 Å². The van der Waals surface area contributed by atoms with Crippen molar-refractivity contribution >= 4 is 11.5 Å². The maximum Gasteiger partial charge on any atom is 0.165 e. The molecule has 0 aliphatic carbocycles. The van der Waals surface area contributed by atoms with E-state index in [1.54, 1.807) is 12.1 Å². The van der Waals surface area contributed by atoms with E-state index in [4.69, 9.17) is 0 Å². The number of rotatable bonds is 3. The van der Waals surface area contributed by atoms with Crippen LogP contribution in [0.25, 0.3) is 0 Å². The normalized spacial score (nSPS) is 16.1. The SMILES string of the molecule is CC(C)C(=O)c1ccc(F)c(N2CCCCC2)c1. The molecule has 3 heteroatoms. The molecule has 1 aliphatic rings. The van der Waals surface area contributed by atoms with E-state index in [9.17, 15) is 9.18 Å². The number of carbonyl (C=O) groups excluding carboxylic acids is 1. The number of piperidine rings is 1. The van der Waals surface area contributed by atoms with Gasteiger partial charge in [-0.25, -0.2) is 4.39 Å². The molecule has 0 amide bonds. The highest BCUT2D eigenvalue weighted by Crippen LogP contribution is 2.25. The van der Waals surface area contributed by atoms with Gasteiger partial charge < -0.3 is 4.90 Å². The number of halogens is 1. The van der Waals surface area contributed by atoms with E-state index in [0.717, 1.165) is 25.9 Å². The Morgan fingerprint density at radius 2 is 1.89 bits per heavy atom. The molecule has 1 heterocycles. The van der Waals surface area contributed by atoms with E-state index in [1.807, 2.05) is 13.8 Å². The number of carbonyl (C=O) groups is 1. The highest BCUT2D eigenvalue weighted by atomic mass is 19.1. The first-order chi connectivity index (χ1) is 8.59. The van der Waals surface area contributed by atoms with Gasteiger partial charge in [0.15, 0.2) is 5.78 Å². The Bertz CT molecular complexity index is 436. The van der Waals surface area contributed by atoms with Gasteiger partial charge in [-0.3, -0.25) is 4.79 Å². The van der Waals surface area contributed by atoms with Gasteiger partial charge >= 0.3 is 0 Å². The van der Waals surface area contributed by atoms with Crippen LogP contribution >= 0.6 is 0 Å². The third-order valence-corrected chi connectivity index (χ3v) is 3.45. The van der Waals surface area contributed by atoms with Crippen LogP contribution in [0.2, 0.25) is 0 Å². The van der Waals surface area contributed by atoms with E-state index < -0.39 is 0 Å². The van der Waals surface area contributed by atoms with E-state index in [0.29, 0.717) is 11.3 Å². The molecular formula is C15H20FNO. The Labute approximate surface area is 108 Å². The molecule has 1 aliphatic heterocycles. The fourth-order valence-electron chi connectivity index (χ4n) is 2.38. The zero-order valence-corrected chi connectivity index (χ0v) is 11.1. The van der Waals surface area contributed by atoms with Crippen LogP contribution in [0.3, 0.4) is 0 Å². The molecule has 2 nitrogen and oxygen atoms in total. The minimum Gasteiger partial charge on any atom is -0.369 e. The molecule has 1 saturated heterocycles. The Hall–Kier alpha value is -1.38. The van der Waals surface area contributed by atoms with Gasteiger partial charge in [-0.05, 0) is 37.5 Å². The standard InChI is InChI=1S/C15H20FNO/c1-11(2)15(18)12-6-7-13(16)14(10-12)17-8-4-3-5-9-17/h6-7,10-11H,3-5,8-9H2,1-2H3. The maximum absolute atomic E-state index is 13.9. The van der Waals surface area contributed by atoms with Gasteiger partial charge in [-0.2, -0.15) is 0 Å². The van der Waals surface area contributed by atoms with Gasteiger partial charge in [0.05, 0.1) is 5.69 Å². The fraction of sp³-hybridized carbons (Fsp3) is 0.533. The fourth-order valence-corrected chi connectivity index (χ4v) is 2.38. The molecule has 0 bridgehead atoms. The smallest absolute Gasteiger partial charge is 0.165 e. The summed E-state index contributed by atoms with van der Waals surface area (Å²) in [6, 6.07) is 4.72. The molecule has 0 aromatic heterocycles. The molecule has 0 atom stereocenters. The van der Waals surface area contributed by atoms with Gasteiger partial charge in [0.25, 0.3) is 0 Å². The first-order valence-electron chi connectivity index (χ1n) is 6.68.